The van der Waals surface area contributed by atoms with Crippen molar-refractivity contribution < 1.29 is 4.52 Å². The maximum Gasteiger partial charge on any atom is 0.264 e. The lowest BCUT2D eigenvalue weighted by molar-refractivity contribution is 0.430. The molecule has 0 atom stereocenters. The van der Waals surface area contributed by atoms with Crippen molar-refractivity contribution in [1.82, 2.24) is 10.1 Å². The smallest absolute Gasteiger partial charge is 0.264 e. The van der Waals surface area contributed by atoms with Gasteiger partial charge in [-0.15, -0.1) is 0 Å². The average Bonchev–Trinajstić information content (AvgIpc) is 2.56. The van der Waals surface area contributed by atoms with Gasteiger partial charge in [0.1, 0.15) is 0 Å². The molecule has 0 spiro atoms. The second-order valence-electron chi connectivity index (χ2n) is 2.49. The number of hydrogen-bond acceptors (Lipinski definition) is 3. The molecule has 0 radical (unpaired) electrons. The van der Waals surface area contributed by atoms with Gasteiger partial charge < -0.3 is 4.52 Å². The van der Waals surface area contributed by atoms with E-state index in [4.69, 9.17) is 27.7 Å². The second kappa shape index (κ2) is 3.88. The van der Waals surface area contributed by atoms with Crippen LogP contribution in [0.1, 0.15) is 0 Å². The molecule has 0 aliphatic heterocycles. The number of rotatable bonds is 1. The highest BCUT2D eigenvalue weighted by atomic mass is 79.9. The van der Waals surface area contributed by atoms with E-state index in [1.165, 1.54) is 0 Å². The molecule has 0 bridgehead atoms. The van der Waals surface area contributed by atoms with Gasteiger partial charge in [-0.1, -0.05) is 11.6 Å². The highest BCUT2D eigenvalue weighted by Gasteiger charge is 2.11. The number of hydrogen-bond donors (Lipinski definition) is 0. The largest absolute Gasteiger partial charge is 0.333 e. The Labute approximate surface area is 98.1 Å². The van der Waals surface area contributed by atoms with Crippen molar-refractivity contribution in [2.24, 2.45) is 0 Å². The molecule has 0 unspecified atom stereocenters. The Bertz CT molecular complexity index is 472. The Morgan fingerprint density at radius 3 is 2.71 bits per heavy atom. The Morgan fingerprint density at radius 1 is 1.29 bits per heavy atom. The lowest BCUT2D eigenvalue weighted by Gasteiger charge is -1.98. The van der Waals surface area contributed by atoms with Gasteiger partial charge in [0.15, 0.2) is 0 Å². The molecule has 0 amide bonds. The van der Waals surface area contributed by atoms with E-state index in [0.717, 1.165) is 10.0 Å². The monoisotopic (exact) mass is 292 g/mol. The second-order valence-corrected chi connectivity index (χ2v) is 4.12. The minimum Gasteiger partial charge on any atom is -0.333 e. The lowest BCUT2D eigenvalue weighted by Crippen LogP contribution is -1.79. The summed E-state index contributed by atoms with van der Waals surface area (Å²) in [5, 5.41) is 4.15. The van der Waals surface area contributed by atoms with Crippen molar-refractivity contribution in [1.29, 1.82) is 0 Å². The van der Waals surface area contributed by atoms with Crippen LogP contribution in [0.25, 0.3) is 11.5 Å². The van der Waals surface area contributed by atoms with Crippen LogP contribution >= 0.6 is 39.1 Å². The van der Waals surface area contributed by atoms with Gasteiger partial charge in [-0.2, -0.15) is 4.98 Å². The Kier molecular flexibility index (Phi) is 2.76. The molecular weight excluding hydrogens is 291 g/mol. The third-order valence-corrected chi connectivity index (χ3v) is 2.64. The summed E-state index contributed by atoms with van der Waals surface area (Å²) >= 11 is 14.7. The van der Waals surface area contributed by atoms with Gasteiger partial charge in [0.2, 0.25) is 0 Å². The Morgan fingerprint density at radius 2 is 2.07 bits per heavy atom. The van der Waals surface area contributed by atoms with Crippen molar-refractivity contribution in [2.45, 2.75) is 0 Å². The zero-order valence-corrected chi connectivity index (χ0v) is 9.77. The summed E-state index contributed by atoms with van der Waals surface area (Å²) in [5.41, 5.74) is 0.719. The molecule has 14 heavy (non-hydrogen) atoms. The zero-order chi connectivity index (χ0) is 10.1. The van der Waals surface area contributed by atoms with Crippen molar-refractivity contribution in [2.75, 3.05) is 0 Å². The van der Waals surface area contributed by atoms with Gasteiger partial charge in [-0.05, 0) is 50.9 Å². The summed E-state index contributed by atoms with van der Waals surface area (Å²) in [7, 11) is 0. The molecule has 72 valence electrons. The van der Waals surface area contributed by atoms with E-state index in [0.29, 0.717) is 10.9 Å². The third-order valence-electron chi connectivity index (χ3n) is 1.56. The lowest BCUT2D eigenvalue weighted by atomic mass is 10.2. The fraction of sp³-hybridized carbons (Fsp3) is 0. The minimum absolute atomic E-state index is 0.0758. The van der Waals surface area contributed by atoms with Crippen LogP contribution in [0.3, 0.4) is 0 Å². The van der Waals surface area contributed by atoms with Gasteiger partial charge in [0.25, 0.3) is 11.2 Å². The normalized spacial score (nSPS) is 10.5. The van der Waals surface area contributed by atoms with E-state index in [-0.39, 0.29) is 5.28 Å². The summed E-state index contributed by atoms with van der Waals surface area (Å²) in [6.45, 7) is 0. The number of nitrogens with zero attached hydrogens (tertiary/aromatic N) is 2. The van der Waals surface area contributed by atoms with Crippen LogP contribution in [0, 0.1) is 0 Å². The molecule has 0 aliphatic carbocycles. The maximum absolute atomic E-state index is 5.83. The van der Waals surface area contributed by atoms with Crippen LogP contribution < -0.4 is 0 Å². The van der Waals surface area contributed by atoms with Gasteiger partial charge >= 0.3 is 0 Å². The SMILES string of the molecule is Clc1ccc(Br)c(-c2nc(Cl)no2)c1. The van der Waals surface area contributed by atoms with Gasteiger partial charge in [-0.25, -0.2) is 0 Å². The first-order valence-electron chi connectivity index (χ1n) is 3.61. The molecule has 1 aromatic carbocycles. The molecular formula is C8H3BrCl2N2O. The average molecular weight is 294 g/mol. The van der Waals surface area contributed by atoms with Crippen LogP contribution in [-0.4, -0.2) is 10.1 Å². The fourth-order valence-electron chi connectivity index (χ4n) is 0.976. The van der Waals surface area contributed by atoms with Gasteiger partial charge in [0.05, 0.1) is 5.56 Å². The molecule has 3 nitrogen and oxygen atoms in total. The van der Waals surface area contributed by atoms with E-state index in [1.807, 2.05) is 0 Å². The van der Waals surface area contributed by atoms with E-state index >= 15 is 0 Å². The molecule has 0 saturated carbocycles. The molecule has 0 saturated heterocycles. The van der Waals surface area contributed by atoms with Crippen molar-refractivity contribution in [3.8, 4) is 11.5 Å². The molecule has 1 aromatic heterocycles. The third kappa shape index (κ3) is 1.92. The quantitative estimate of drug-likeness (QED) is 0.802. The van der Waals surface area contributed by atoms with Crippen LogP contribution in [0.4, 0.5) is 0 Å². The first-order valence-corrected chi connectivity index (χ1v) is 5.16. The Balaban J connectivity index is 2.55. The maximum atomic E-state index is 5.83. The molecule has 0 N–H and O–H groups in total. The van der Waals surface area contributed by atoms with Crippen molar-refractivity contribution >= 4 is 39.1 Å². The molecule has 6 heteroatoms. The van der Waals surface area contributed by atoms with Crippen LogP contribution in [0.5, 0.6) is 0 Å². The van der Waals surface area contributed by atoms with Crippen molar-refractivity contribution in [3.05, 3.63) is 33.0 Å². The van der Waals surface area contributed by atoms with Gasteiger partial charge in [-0.3, -0.25) is 0 Å². The summed E-state index contributed by atoms with van der Waals surface area (Å²) in [4.78, 5) is 3.88. The fourth-order valence-corrected chi connectivity index (χ4v) is 1.68. The van der Waals surface area contributed by atoms with Crippen molar-refractivity contribution in [3.63, 3.8) is 0 Å². The highest BCUT2D eigenvalue weighted by Crippen LogP contribution is 2.29. The molecule has 2 aromatic rings. The molecule has 0 aliphatic rings. The first kappa shape index (κ1) is 9.96. The topological polar surface area (TPSA) is 38.9 Å². The van der Waals surface area contributed by atoms with Gasteiger partial charge in [0, 0.05) is 9.50 Å². The summed E-state index contributed by atoms with van der Waals surface area (Å²) in [6, 6.07) is 5.28. The molecule has 1 heterocycles. The molecule has 0 fully saturated rings. The summed E-state index contributed by atoms with van der Waals surface area (Å²) in [6.07, 6.45) is 0. The minimum atomic E-state index is 0.0758. The standard InChI is InChI=1S/C8H3BrCl2N2O/c9-6-2-1-4(10)3-5(6)7-12-8(11)13-14-7/h1-3H. The zero-order valence-electron chi connectivity index (χ0n) is 6.67. The predicted octanol–water partition coefficient (Wildman–Crippen LogP) is 3.81. The highest BCUT2D eigenvalue weighted by molar-refractivity contribution is 9.10. The number of halogens is 3. The summed E-state index contributed by atoms with van der Waals surface area (Å²) < 4.78 is 5.73. The molecule has 2 rings (SSSR count). The van der Waals surface area contributed by atoms with E-state index in [2.05, 4.69) is 26.1 Å². The van der Waals surface area contributed by atoms with Crippen LogP contribution in [-0.2, 0) is 0 Å². The van der Waals surface area contributed by atoms with Crippen LogP contribution in [0.15, 0.2) is 27.2 Å². The van der Waals surface area contributed by atoms with E-state index < -0.39 is 0 Å². The predicted molar refractivity (Wildman–Crippen MR) is 57.5 cm³/mol. The number of benzene rings is 1. The summed E-state index contributed by atoms with van der Waals surface area (Å²) in [5.74, 6) is 0.337. The van der Waals surface area contributed by atoms with Crippen LogP contribution in [0.2, 0.25) is 10.3 Å². The Hall–Kier alpha value is -0.580. The first-order chi connectivity index (χ1) is 6.66. The van der Waals surface area contributed by atoms with E-state index in [1.54, 1.807) is 18.2 Å². The number of aromatic nitrogens is 2. The van der Waals surface area contributed by atoms with E-state index in [9.17, 15) is 0 Å².